The fraction of sp³-hybridized carbons (Fsp3) is 1.00. The van der Waals surface area contributed by atoms with Crippen molar-refractivity contribution in [2.45, 2.75) is 18.9 Å². The molecule has 1 atom stereocenters. The normalized spacial score (nSPS) is 31.5. The standard InChI is InChI=1S/C6H13NS/c1-7-4-2-3-6(7)5-8/h6,8H,2-5H2,1H3/t6-/m0/s1. The molecule has 0 amide bonds. The monoisotopic (exact) mass is 131 g/mol. The van der Waals surface area contributed by atoms with E-state index in [1.54, 1.807) is 0 Å². The Morgan fingerprint density at radius 1 is 1.75 bits per heavy atom. The minimum Gasteiger partial charge on any atom is -0.303 e. The largest absolute Gasteiger partial charge is 0.303 e. The molecule has 0 aromatic heterocycles. The molecule has 1 saturated heterocycles. The molecule has 1 aliphatic heterocycles. The van der Waals surface area contributed by atoms with Crippen molar-refractivity contribution in [3.05, 3.63) is 0 Å². The zero-order chi connectivity index (χ0) is 5.98. The SMILES string of the molecule is CN1CCC[C@H]1CS. The summed E-state index contributed by atoms with van der Waals surface area (Å²) in [7, 11) is 2.17. The Kier molecular flexibility index (Phi) is 2.20. The van der Waals surface area contributed by atoms with Crippen LogP contribution in [0, 0.1) is 0 Å². The van der Waals surface area contributed by atoms with E-state index in [2.05, 4.69) is 24.6 Å². The third-order valence-electron chi connectivity index (χ3n) is 1.88. The van der Waals surface area contributed by atoms with E-state index >= 15 is 0 Å². The summed E-state index contributed by atoms with van der Waals surface area (Å²) in [6.45, 7) is 1.27. The molecule has 0 radical (unpaired) electrons. The van der Waals surface area contributed by atoms with Crippen LogP contribution in [0.5, 0.6) is 0 Å². The first-order valence-electron chi connectivity index (χ1n) is 3.15. The van der Waals surface area contributed by atoms with Crippen LogP contribution >= 0.6 is 12.6 Å². The molecule has 1 nitrogen and oxygen atoms in total. The van der Waals surface area contributed by atoms with Gasteiger partial charge in [0.05, 0.1) is 0 Å². The van der Waals surface area contributed by atoms with Crippen LogP contribution in [0.3, 0.4) is 0 Å². The van der Waals surface area contributed by atoms with E-state index in [0.717, 1.165) is 11.8 Å². The summed E-state index contributed by atoms with van der Waals surface area (Å²) in [6.07, 6.45) is 2.71. The van der Waals surface area contributed by atoms with E-state index in [4.69, 9.17) is 0 Å². The molecule has 0 spiro atoms. The second kappa shape index (κ2) is 2.74. The van der Waals surface area contributed by atoms with Crippen molar-refractivity contribution < 1.29 is 0 Å². The number of hydrogen-bond acceptors (Lipinski definition) is 2. The van der Waals surface area contributed by atoms with Crippen LogP contribution in [0.15, 0.2) is 0 Å². The number of likely N-dealkylation sites (tertiary alicyclic amines) is 1. The van der Waals surface area contributed by atoms with Gasteiger partial charge < -0.3 is 4.90 Å². The van der Waals surface area contributed by atoms with Crippen molar-refractivity contribution in [1.82, 2.24) is 4.90 Å². The van der Waals surface area contributed by atoms with Crippen molar-refractivity contribution in [2.24, 2.45) is 0 Å². The van der Waals surface area contributed by atoms with E-state index in [0.29, 0.717) is 0 Å². The van der Waals surface area contributed by atoms with Crippen molar-refractivity contribution in [3.63, 3.8) is 0 Å². The Balaban J connectivity index is 2.30. The lowest BCUT2D eigenvalue weighted by Gasteiger charge is -2.15. The highest BCUT2D eigenvalue weighted by Crippen LogP contribution is 2.14. The average Bonchev–Trinajstić information content (AvgIpc) is 2.14. The van der Waals surface area contributed by atoms with Crippen LogP contribution in [0.1, 0.15) is 12.8 Å². The van der Waals surface area contributed by atoms with Crippen molar-refractivity contribution in [2.75, 3.05) is 19.3 Å². The Hall–Kier alpha value is 0.310. The van der Waals surface area contributed by atoms with Crippen molar-refractivity contribution in [1.29, 1.82) is 0 Å². The van der Waals surface area contributed by atoms with Gasteiger partial charge in [0, 0.05) is 11.8 Å². The van der Waals surface area contributed by atoms with Gasteiger partial charge in [0.1, 0.15) is 0 Å². The molecule has 0 aliphatic carbocycles. The Morgan fingerprint density at radius 3 is 2.75 bits per heavy atom. The van der Waals surface area contributed by atoms with Gasteiger partial charge in [0.25, 0.3) is 0 Å². The summed E-state index contributed by atoms with van der Waals surface area (Å²) in [4.78, 5) is 2.38. The van der Waals surface area contributed by atoms with E-state index < -0.39 is 0 Å². The van der Waals surface area contributed by atoms with E-state index in [1.807, 2.05) is 0 Å². The zero-order valence-electron chi connectivity index (χ0n) is 5.30. The summed E-state index contributed by atoms with van der Waals surface area (Å²) in [5.41, 5.74) is 0. The van der Waals surface area contributed by atoms with Crippen molar-refractivity contribution in [3.8, 4) is 0 Å². The smallest absolute Gasteiger partial charge is 0.0181 e. The van der Waals surface area contributed by atoms with E-state index in [9.17, 15) is 0 Å². The Morgan fingerprint density at radius 2 is 2.50 bits per heavy atom. The molecule has 1 rings (SSSR count). The van der Waals surface area contributed by atoms with Gasteiger partial charge in [0.15, 0.2) is 0 Å². The van der Waals surface area contributed by atoms with Crippen LogP contribution in [0.4, 0.5) is 0 Å². The predicted molar refractivity (Wildman–Crippen MR) is 39.5 cm³/mol. The molecule has 0 N–H and O–H groups in total. The molecule has 0 bridgehead atoms. The van der Waals surface area contributed by atoms with Crippen LogP contribution < -0.4 is 0 Å². The van der Waals surface area contributed by atoms with Gasteiger partial charge in [-0.1, -0.05) is 0 Å². The van der Waals surface area contributed by atoms with Crippen LogP contribution in [-0.2, 0) is 0 Å². The van der Waals surface area contributed by atoms with Crippen molar-refractivity contribution >= 4 is 12.6 Å². The van der Waals surface area contributed by atoms with Gasteiger partial charge in [-0.15, -0.1) is 0 Å². The second-order valence-electron chi connectivity index (χ2n) is 2.46. The minimum atomic E-state index is 0.762. The maximum atomic E-state index is 4.23. The van der Waals surface area contributed by atoms with Gasteiger partial charge in [-0.2, -0.15) is 12.6 Å². The van der Waals surface area contributed by atoms with Gasteiger partial charge in [0.2, 0.25) is 0 Å². The molecule has 48 valence electrons. The number of rotatable bonds is 1. The van der Waals surface area contributed by atoms with Gasteiger partial charge in [-0.3, -0.25) is 0 Å². The van der Waals surface area contributed by atoms with Crippen LogP contribution in [0.25, 0.3) is 0 Å². The molecule has 0 unspecified atom stereocenters. The summed E-state index contributed by atoms with van der Waals surface area (Å²) in [5, 5.41) is 0. The quantitative estimate of drug-likeness (QED) is 0.520. The summed E-state index contributed by atoms with van der Waals surface area (Å²) >= 11 is 4.23. The molecular formula is C6H13NS. The molecule has 2 heteroatoms. The first-order valence-corrected chi connectivity index (χ1v) is 3.79. The molecule has 1 aliphatic rings. The molecule has 0 saturated carbocycles. The van der Waals surface area contributed by atoms with E-state index in [1.165, 1.54) is 19.4 Å². The second-order valence-corrected chi connectivity index (χ2v) is 2.82. The van der Waals surface area contributed by atoms with Crippen LogP contribution in [-0.4, -0.2) is 30.3 Å². The minimum absolute atomic E-state index is 0.762. The fourth-order valence-electron chi connectivity index (χ4n) is 1.21. The lowest BCUT2D eigenvalue weighted by atomic mass is 10.2. The summed E-state index contributed by atoms with van der Waals surface area (Å²) in [6, 6.07) is 0.762. The van der Waals surface area contributed by atoms with Gasteiger partial charge in [-0.05, 0) is 26.4 Å². The first-order chi connectivity index (χ1) is 3.84. The number of thiol groups is 1. The fourth-order valence-corrected chi connectivity index (χ4v) is 1.67. The predicted octanol–water partition coefficient (Wildman–Crippen LogP) is 1.01. The molecule has 1 heterocycles. The van der Waals surface area contributed by atoms with Crippen LogP contribution in [0.2, 0.25) is 0 Å². The van der Waals surface area contributed by atoms with E-state index in [-0.39, 0.29) is 0 Å². The molecule has 8 heavy (non-hydrogen) atoms. The maximum Gasteiger partial charge on any atom is 0.0181 e. The molecule has 0 aromatic rings. The summed E-state index contributed by atoms with van der Waals surface area (Å²) < 4.78 is 0. The highest BCUT2D eigenvalue weighted by molar-refractivity contribution is 7.80. The number of nitrogens with zero attached hydrogens (tertiary/aromatic N) is 1. The molecule has 1 fully saturated rings. The van der Waals surface area contributed by atoms with Gasteiger partial charge in [-0.25, -0.2) is 0 Å². The topological polar surface area (TPSA) is 3.24 Å². The molecule has 0 aromatic carbocycles. The lowest BCUT2D eigenvalue weighted by Crippen LogP contribution is -2.25. The summed E-state index contributed by atoms with van der Waals surface area (Å²) in [5.74, 6) is 1.02. The number of hydrogen-bond donors (Lipinski definition) is 1. The first kappa shape index (κ1) is 6.43. The zero-order valence-corrected chi connectivity index (χ0v) is 6.19. The third kappa shape index (κ3) is 1.17. The third-order valence-corrected chi connectivity index (χ3v) is 2.30. The highest BCUT2D eigenvalue weighted by atomic mass is 32.1. The maximum absolute atomic E-state index is 4.23. The average molecular weight is 131 g/mol. The van der Waals surface area contributed by atoms with Gasteiger partial charge >= 0.3 is 0 Å². The Bertz CT molecular complexity index is 74.9. The lowest BCUT2D eigenvalue weighted by molar-refractivity contribution is 0.335. The highest BCUT2D eigenvalue weighted by Gasteiger charge is 2.18. The Labute approximate surface area is 56.5 Å². The molecular weight excluding hydrogens is 118 g/mol.